The molecular weight excluding hydrogens is 430 g/mol. The van der Waals surface area contributed by atoms with E-state index in [0.29, 0.717) is 35.3 Å². The number of hydrogen-bond acceptors (Lipinski definition) is 4. The van der Waals surface area contributed by atoms with Crippen LogP contribution in [0.3, 0.4) is 0 Å². The van der Waals surface area contributed by atoms with Gasteiger partial charge in [0.25, 0.3) is 5.91 Å². The molecule has 2 aliphatic rings. The van der Waals surface area contributed by atoms with Crippen LogP contribution in [0.2, 0.25) is 0 Å². The fourth-order valence-corrected chi connectivity index (χ4v) is 4.66. The zero-order valence-electron chi connectivity index (χ0n) is 18.4. The van der Waals surface area contributed by atoms with E-state index >= 15 is 0 Å². The first-order valence-electron chi connectivity index (χ1n) is 11.2. The Hall–Kier alpha value is -4.26. The molecule has 0 aliphatic carbocycles. The van der Waals surface area contributed by atoms with Gasteiger partial charge in [-0.1, -0.05) is 72.8 Å². The maximum absolute atomic E-state index is 13.8. The molecule has 0 atom stereocenters. The number of Topliss-reactive ketones (excluding diaryl/α,β-unsaturated/α-hetero) is 1. The highest BCUT2D eigenvalue weighted by molar-refractivity contribution is 6.13. The molecule has 3 aromatic carbocycles. The number of rotatable bonds is 6. The molecule has 0 unspecified atom stereocenters. The molecule has 2 fully saturated rings. The van der Waals surface area contributed by atoms with Crippen molar-refractivity contribution < 1.29 is 19.2 Å². The minimum atomic E-state index is -1.41. The summed E-state index contributed by atoms with van der Waals surface area (Å²) < 4.78 is 0. The zero-order valence-corrected chi connectivity index (χ0v) is 18.4. The fraction of sp³-hybridized carbons (Fsp3) is 0.185. The zero-order chi connectivity index (χ0) is 23.7. The van der Waals surface area contributed by atoms with E-state index in [1.54, 1.807) is 77.7 Å². The Bertz CT molecular complexity index is 1230. The lowest BCUT2D eigenvalue weighted by Crippen LogP contribution is -2.45. The Kier molecular flexibility index (Phi) is 5.45. The minimum Gasteiger partial charge on any atom is -0.315 e. The summed E-state index contributed by atoms with van der Waals surface area (Å²) in [4.78, 5) is 54.6. The van der Waals surface area contributed by atoms with E-state index in [1.165, 1.54) is 0 Å². The quantitative estimate of drug-likeness (QED) is 0.457. The third-order valence-electron chi connectivity index (χ3n) is 6.37. The molecule has 0 aromatic heterocycles. The number of benzene rings is 3. The number of hydrogen-bond donors (Lipinski definition) is 1. The van der Waals surface area contributed by atoms with E-state index in [4.69, 9.17) is 0 Å². The average Bonchev–Trinajstić information content (AvgIpc) is 3.42. The summed E-state index contributed by atoms with van der Waals surface area (Å²) in [7, 11) is 0. The van der Waals surface area contributed by atoms with Crippen LogP contribution >= 0.6 is 0 Å². The second-order valence-electron chi connectivity index (χ2n) is 8.43. The summed E-state index contributed by atoms with van der Waals surface area (Å²) in [6, 6.07) is 24.2. The molecule has 2 saturated heterocycles. The van der Waals surface area contributed by atoms with E-state index in [1.807, 2.05) is 12.1 Å². The third kappa shape index (κ3) is 3.55. The van der Waals surface area contributed by atoms with Crippen molar-refractivity contribution in [3.8, 4) is 0 Å². The molecule has 0 saturated carbocycles. The molecule has 170 valence electrons. The lowest BCUT2D eigenvalue weighted by molar-refractivity contribution is -0.130. The number of nitrogens with one attached hydrogen (secondary N) is 1. The Morgan fingerprint density at radius 3 is 2.09 bits per heavy atom. The van der Waals surface area contributed by atoms with E-state index < -0.39 is 24.0 Å². The number of imide groups is 1. The van der Waals surface area contributed by atoms with Gasteiger partial charge in [-0.2, -0.15) is 0 Å². The number of carbonyl (C=O) groups excluding carboxylic acids is 4. The summed E-state index contributed by atoms with van der Waals surface area (Å²) >= 11 is 0. The topological polar surface area (TPSA) is 86.8 Å². The smallest absolute Gasteiger partial charge is 0.315 e. The Balaban J connectivity index is 1.45. The molecule has 4 amide bonds. The fourth-order valence-electron chi connectivity index (χ4n) is 4.66. The van der Waals surface area contributed by atoms with Gasteiger partial charge in [0, 0.05) is 24.2 Å². The highest BCUT2D eigenvalue weighted by Crippen LogP contribution is 2.36. The van der Waals surface area contributed by atoms with Crippen molar-refractivity contribution in [3.63, 3.8) is 0 Å². The molecule has 34 heavy (non-hydrogen) atoms. The largest absolute Gasteiger partial charge is 0.325 e. The maximum atomic E-state index is 13.8. The van der Waals surface area contributed by atoms with E-state index in [0.717, 1.165) is 11.3 Å². The summed E-state index contributed by atoms with van der Waals surface area (Å²) in [5.41, 5.74) is 0.806. The molecule has 7 nitrogen and oxygen atoms in total. The van der Waals surface area contributed by atoms with Crippen molar-refractivity contribution in [1.82, 2.24) is 10.2 Å². The SMILES string of the molecule is O=C(CN1C(=O)NC(c2ccccc2)(c2ccccc2)C1=O)c1cccc(N2CCCC2=O)c1. The number of carbonyl (C=O) groups is 4. The molecule has 2 aliphatic heterocycles. The second-order valence-corrected chi connectivity index (χ2v) is 8.43. The number of urea groups is 1. The van der Waals surface area contributed by atoms with Gasteiger partial charge in [0.1, 0.15) is 0 Å². The van der Waals surface area contributed by atoms with Gasteiger partial charge in [-0.25, -0.2) is 4.79 Å². The summed E-state index contributed by atoms with van der Waals surface area (Å²) in [6.45, 7) is 0.212. The number of amides is 4. The van der Waals surface area contributed by atoms with Gasteiger partial charge in [0.05, 0.1) is 6.54 Å². The lowest BCUT2D eigenvalue weighted by atomic mass is 9.82. The van der Waals surface area contributed by atoms with Crippen LogP contribution in [0.5, 0.6) is 0 Å². The van der Waals surface area contributed by atoms with Crippen LogP contribution in [0, 0.1) is 0 Å². The summed E-state index contributed by atoms with van der Waals surface area (Å²) in [5, 5.41) is 2.85. The van der Waals surface area contributed by atoms with Crippen LogP contribution in [0.25, 0.3) is 0 Å². The molecular formula is C27H23N3O4. The van der Waals surface area contributed by atoms with Gasteiger partial charge in [-0.15, -0.1) is 0 Å². The van der Waals surface area contributed by atoms with Crippen molar-refractivity contribution in [3.05, 3.63) is 102 Å². The minimum absolute atomic E-state index is 0.0224. The molecule has 7 heteroatoms. The van der Waals surface area contributed by atoms with E-state index in [2.05, 4.69) is 5.32 Å². The molecule has 5 rings (SSSR count). The van der Waals surface area contributed by atoms with Crippen molar-refractivity contribution in [2.45, 2.75) is 18.4 Å². The Labute approximate surface area is 197 Å². The maximum Gasteiger partial charge on any atom is 0.325 e. The molecule has 3 aromatic rings. The van der Waals surface area contributed by atoms with Gasteiger partial charge in [0.2, 0.25) is 5.91 Å². The van der Waals surface area contributed by atoms with Crippen molar-refractivity contribution >= 4 is 29.3 Å². The molecule has 2 heterocycles. The van der Waals surface area contributed by atoms with Crippen molar-refractivity contribution in [2.24, 2.45) is 0 Å². The summed E-state index contributed by atoms with van der Waals surface area (Å²) in [6.07, 6.45) is 1.27. The average molecular weight is 453 g/mol. The van der Waals surface area contributed by atoms with Gasteiger partial charge in [-0.05, 0) is 29.7 Å². The molecule has 1 N–H and O–H groups in total. The first kappa shape index (κ1) is 21.6. The van der Waals surface area contributed by atoms with Crippen LogP contribution in [0.15, 0.2) is 84.9 Å². The van der Waals surface area contributed by atoms with Crippen LogP contribution < -0.4 is 10.2 Å². The van der Waals surface area contributed by atoms with Crippen molar-refractivity contribution in [2.75, 3.05) is 18.0 Å². The normalized spacial score (nSPS) is 17.2. The molecule has 0 radical (unpaired) electrons. The highest BCUT2D eigenvalue weighted by Gasteiger charge is 2.54. The first-order valence-corrected chi connectivity index (χ1v) is 11.2. The number of nitrogens with zero attached hydrogens (tertiary/aromatic N) is 2. The predicted octanol–water partition coefficient (Wildman–Crippen LogP) is 3.49. The molecule has 0 bridgehead atoms. The lowest BCUT2D eigenvalue weighted by Gasteiger charge is -2.28. The Morgan fingerprint density at radius 1 is 0.853 bits per heavy atom. The number of ketones is 1. The van der Waals surface area contributed by atoms with E-state index in [-0.39, 0.29) is 11.7 Å². The van der Waals surface area contributed by atoms with Gasteiger partial charge in [-0.3, -0.25) is 19.3 Å². The number of anilines is 1. The Morgan fingerprint density at radius 2 is 1.50 bits per heavy atom. The first-order chi connectivity index (χ1) is 16.5. The van der Waals surface area contributed by atoms with Gasteiger partial charge >= 0.3 is 6.03 Å². The van der Waals surface area contributed by atoms with Crippen LogP contribution in [0.4, 0.5) is 10.5 Å². The van der Waals surface area contributed by atoms with Crippen LogP contribution in [0.1, 0.15) is 34.3 Å². The second kappa shape index (κ2) is 8.59. The van der Waals surface area contributed by atoms with Gasteiger partial charge in [0.15, 0.2) is 11.3 Å². The van der Waals surface area contributed by atoms with Crippen LogP contribution in [-0.2, 0) is 15.1 Å². The molecule has 0 spiro atoms. The monoisotopic (exact) mass is 453 g/mol. The summed E-state index contributed by atoms with van der Waals surface area (Å²) in [5.74, 6) is -0.864. The van der Waals surface area contributed by atoms with Crippen LogP contribution in [-0.4, -0.2) is 41.6 Å². The van der Waals surface area contributed by atoms with Gasteiger partial charge < -0.3 is 10.2 Å². The highest BCUT2D eigenvalue weighted by atomic mass is 16.2. The van der Waals surface area contributed by atoms with Crippen molar-refractivity contribution in [1.29, 1.82) is 0 Å². The van der Waals surface area contributed by atoms with E-state index in [9.17, 15) is 19.2 Å². The predicted molar refractivity (Wildman–Crippen MR) is 126 cm³/mol. The third-order valence-corrected chi connectivity index (χ3v) is 6.37. The standard InChI is InChI=1S/C27H23N3O4/c31-23(19-9-7-14-22(17-19)29-16-8-15-24(29)32)18-30-25(33)27(28-26(30)34,20-10-3-1-4-11-20)21-12-5-2-6-13-21/h1-7,9-14,17H,8,15-16,18H2,(H,28,34).